The molecule has 0 radical (unpaired) electrons. The van der Waals surface area contributed by atoms with Crippen molar-refractivity contribution in [3.05, 3.63) is 60.3 Å². The summed E-state index contributed by atoms with van der Waals surface area (Å²) in [5, 5.41) is 0.492. The van der Waals surface area contributed by atoms with Gasteiger partial charge < -0.3 is 4.18 Å². The summed E-state index contributed by atoms with van der Waals surface area (Å²) in [4.78, 5) is 4.01. The van der Waals surface area contributed by atoms with Crippen LogP contribution in [0.15, 0.2) is 54.7 Å². The van der Waals surface area contributed by atoms with Crippen LogP contribution in [0.4, 0.5) is 13.2 Å². The second-order valence-corrected chi connectivity index (χ2v) is 7.08. The molecule has 0 unspecified atom stereocenters. The van der Waals surface area contributed by atoms with Crippen molar-refractivity contribution in [2.24, 2.45) is 0 Å². The van der Waals surface area contributed by atoms with E-state index in [2.05, 4.69) is 9.17 Å². The lowest BCUT2D eigenvalue weighted by Crippen LogP contribution is -2.28. The van der Waals surface area contributed by atoms with E-state index in [1.54, 1.807) is 12.1 Å². The number of benzene rings is 2. The Kier molecular flexibility index (Phi) is 4.62. The van der Waals surface area contributed by atoms with Gasteiger partial charge in [-0.3, -0.25) is 4.98 Å². The van der Waals surface area contributed by atoms with Gasteiger partial charge in [0, 0.05) is 11.6 Å². The number of aromatic nitrogens is 1. The second-order valence-electron chi connectivity index (χ2n) is 5.54. The predicted octanol–water partition coefficient (Wildman–Crippen LogP) is 4.69. The van der Waals surface area contributed by atoms with Crippen LogP contribution in [0.2, 0.25) is 0 Å². The molecule has 8 heteroatoms. The summed E-state index contributed by atoms with van der Waals surface area (Å²) in [7, 11) is -5.77. The first kappa shape index (κ1) is 18.2. The van der Waals surface area contributed by atoms with Gasteiger partial charge in [-0.25, -0.2) is 0 Å². The monoisotopic (exact) mass is 381 g/mol. The molecule has 0 saturated carbocycles. The third kappa shape index (κ3) is 3.37. The van der Waals surface area contributed by atoms with Crippen LogP contribution in [-0.2, 0) is 16.5 Å². The molecule has 0 fully saturated rings. The van der Waals surface area contributed by atoms with E-state index < -0.39 is 21.4 Å². The molecule has 26 heavy (non-hydrogen) atoms. The van der Waals surface area contributed by atoms with Gasteiger partial charge in [0.15, 0.2) is 5.75 Å². The number of halogens is 3. The van der Waals surface area contributed by atoms with Crippen LogP contribution in [0.25, 0.3) is 22.0 Å². The quantitative estimate of drug-likeness (QED) is 0.486. The SMILES string of the molecule is CCc1ccc(-c2ccc(OS(=O)(=O)C(F)(F)F)c3ncccc23)cc1. The molecule has 4 nitrogen and oxygen atoms in total. The highest BCUT2D eigenvalue weighted by Crippen LogP contribution is 2.35. The number of rotatable bonds is 4. The van der Waals surface area contributed by atoms with Gasteiger partial charge in [-0.05, 0) is 41.3 Å². The van der Waals surface area contributed by atoms with Gasteiger partial charge in [0.2, 0.25) is 0 Å². The summed E-state index contributed by atoms with van der Waals surface area (Å²) in [6.45, 7) is 2.03. The first-order chi connectivity index (χ1) is 12.2. The minimum absolute atomic E-state index is 0.0393. The molecule has 0 spiro atoms. The average molecular weight is 381 g/mol. The van der Waals surface area contributed by atoms with Gasteiger partial charge >= 0.3 is 15.6 Å². The van der Waals surface area contributed by atoms with Crippen LogP contribution in [0, 0.1) is 0 Å². The number of alkyl halides is 3. The van der Waals surface area contributed by atoms with E-state index in [4.69, 9.17) is 0 Å². The van der Waals surface area contributed by atoms with Crippen molar-refractivity contribution in [1.29, 1.82) is 0 Å². The molecule has 0 bridgehead atoms. The number of nitrogens with zero attached hydrogens (tertiary/aromatic N) is 1. The van der Waals surface area contributed by atoms with Crippen molar-refractivity contribution in [3.63, 3.8) is 0 Å². The lowest BCUT2D eigenvalue weighted by atomic mass is 9.99. The fourth-order valence-corrected chi connectivity index (χ4v) is 3.02. The molecule has 0 aliphatic rings. The maximum absolute atomic E-state index is 12.6. The van der Waals surface area contributed by atoms with Gasteiger partial charge in [0.05, 0.1) is 0 Å². The first-order valence-corrected chi connectivity index (χ1v) is 9.11. The maximum atomic E-state index is 12.6. The first-order valence-electron chi connectivity index (χ1n) is 7.71. The molecule has 136 valence electrons. The van der Waals surface area contributed by atoms with Gasteiger partial charge in [0.1, 0.15) is 5.52 Å². The Morgan fingerprint density at radius 1 is 1.04 bits per heavy atom. The second kappa shape index (κ2) is 6.60. The lowest BCUT2D eigenvalue weighted by molar-refractivity contribution is -0.0499. The Morgan fingerprint density at radius 2 is 1.73 bits per heavy atom. The van der Waals surface area contributed by atoms with E-state index in [0.717, 1.165) is 17.5 Å². The standard InChI is InChI=1S/C18H14F3NO3S/c1-2-12-5-7-13(8-6-12)14-9-10-16(17-15(14)4-3-11-22-17)25-26(23,24)18(19,20)21/h3-11H,2H2,1H3. The number of hydrogen-bond donors (Lipinski definition) is 0. The molecule has 0 aliphatic carbocycles. The molecule has 0 N–H and O–H groups in total. The Balaban J connectivity index is 2.13. The predicted molar refractivity (Wildman–Crippen MR) is 92.2 cm³/mol. The largest absolute Gasteiger partial charge is 0.534 e. The fourth-order valence-electron chi connectivity index (χ4n) is 2.55. The van der Waals surface area contributed by atoms with Gasteiger partial charge in [-0.1, -0.05) is 37.3 Å². The van der Waals surface area contributed by atoms with Crippen LogP contribution < -0.4 is 4.18 Å². The van der Waals surface area contributed by atoms with Crippen molar-refractivity contribution in [1.82, 2.24) is 4.98 Å². The Labute approximate surface area is 148 Å². The highest BCUT2D eigenvalue weighted by Gasteiger charge is 2.48. The molecule has 1 aromatic heterocycles. The van der Waals surface area contributed by atoms with E-state index in [1.165, 1.54) is 18.3 Å². The molecular weight excluding hydrogens is 367 g/mol. The summed E-state index contributed by atoms with van der Waals surface area (Å²) in [6.07, 6.45) is 2.24. The molecule has 1 heterocycles. The third-order valence-electron chi connectivity index (χ3n) is 3.89. The lowest BCUT2D eigenvalue weighted by Gasteiger charge is -2.13. The number of aryl methyl sites for hydroxylation is 1. The zero-order valence-electron chi connectivity index (χ0n) is 13.6. The maximum Gasteiger partial charge on any atom is 0.534 e. The van der Waals surface area contributed by atoms with Crippen LogP contribution in [0.3, 0.4) is 0 Å². The Bertz CT molecular complexity index is 1050. The number of fused-ring (bicyclic) bond motifs is 1. The molecule has 2 aromatic carbocycles. The van der Waals surface area contributed by atoms with Gasteiger partial charge in [0.25, 0.3) is 0 Å². The van der Waals surface area contributed by atoms with Gasteiger partial charge in [-0.2, -0.15) is 21.6 Å². The van der Waals surface area contributed by atoms with E-state index in [9.17, 15) is 21.6 Å². The molecule has 0 saturated heterocycles. The van der Waals surface area contributed by atoms with Crippen LogP contribution in [0.1, 0.15) is 12.5 Å². The molecular formula is C18H14F3NO3S. The normalized spacial score (nSPS) is 12.3. The zero-order chi connectivity index (χ0) is 18.9. The van der Waals surface area contributed by atoms with E-state index in [-0.39, 0.29) is 5.52 Å². The van der Waals surface area contributed by atoms with E-state index in [1.807, 2.05) is 31.2 Å². The summed E-state index contributed by atoms with van der Waals surface area (Å²) in [5.41, 5.74) is -2.77. The smallest absolute Gasteiger partial charge is 0.374 e. The molecule has 0 amide bonds. The van der Waals surface area contributed by atoms with Crippen molar-refractivity contribution in [2.45, 2.75) is 18.9 Å². The summed E-state index contributed by atoms with van der Waals surface area (Å²) >= 11 is 0. The van der Waals surface area contributed by atoms with Crippen LogP contribution in [-0.4, -0.2) is 18.9 Å². The van der Waals surface area contributed by atoms with Crippen molar-refractivity contribution < 1.29 is 25.8 Å². The minimum Gasteiger partial charge on any atom is -0.374 e. The zero-order valence-corrected chi connectivity index (χ0v) is 14.4. The van der Waals surface area contributed by atoms with E-state index in [0.29, 0.717) is 10.9 Å². The van der Waals surface area contributed by atoms with Crippen LogP contribution >= 0.6 is 0 Å². The van der Waals surface area contributed by atoms with Crippen molar-refractivity contribution in [2.75, 3.05) is 0 Å². The van der Waals surface area contributed by atoms with E-state index >= 15 is 0 Å². The summed E-state index contributed by atoms with van der Waals surface area (Å²) < 4.78 is 64.7. The third-order valence-corrected chi connectivity index (χ3v) is 4.85. The minimum atomic E-state index is -5.77. The summed E-state index contributed by atoms with van der Waals surface area (Å²) in [5.74, 6) is -0.466. The van der Waals surface area contributed by atoms with Gasteiger partial charge in [-0.15, -0.1) is 0 Å². The fraction of sp³-hybridized carbons (Fsp3) is 0.167. The Morgan fingerprint density at radius 3 is 2.35 bits per heavy atom. The Hall–Kier alpha value is -2.61. The van der Waals surface area contributed by atoms with Crippen LogP contribution in [0.5, 0.6) is 5.75 Å². The molecule has 0 atom stereocenters. The highest BCUT2D eigenvalue weighted by atomic mass is 32.2. The average Bonchev–Trinajstić information content (AvgIpc) is 2.61. The number of pyridine rings is 1. The number of hydrogen-bond acceptors (Lipinski definition) is 4. The highest BCUT2D eigenvalue weighted by molar-refractivity contribution is 7.88. The molecule has 3 rings (SSSR count). The van der Waals surface area contributed by atoms with Crippen molar-refractivity contribution >= 4 is 21.0 Å². The molecule has 3 aromatic rings. The topological polar surface area (TPSA) is 56.3 Å². The van der Waals surface area contributed by atoms with Crippen molar-refractivity contribution in [3.8, 4) is 16.9 Å². The molecule has 0 aliphatic heterocycles. The summed E-state index contributed by atoms with van der Waals surface area (Å²) in [6, 6.07) is 13.7.